The van der Waals surface area contributed by atoms with Crippen molar-refractivity contribution in [1.29, 1.82) is 0 Å². The van der Waals surface area contributed by atoms with Gasteiger partial charge < -0.3 is 15.7 Å². The summed E-state index contributed by atoms with van der Waals surface area (Å²) in [5.74, 6) is -0.367. The molecule has 130 valence electrons. The van der Waals surface area contributed by atoms with Crippen LogP contribution in [0.25, 0.3) is 0 Å². The molecule has 2 aromatic carbocycles. The number of carbonyl (C=O) groups is 2. The van der Waals surface area contributed by atoms with Crippen LogP contribution in [-0.2, 0) is 6.42 Å². The summed E-state index contributed by atoms with van der Waals surface area (Å²) in [6, 6.07) is 16.5. The summed E-state index contributed by atoms with van der Waals surface area (Å²) in [5, 5.41) is 15.7. The van der Waals surface area contributed by atoms with Crippen LogP contribution in [0.5, 0.6) is 0 Å². The lowest BCUT2D eigenvalue weighted by atomic mass is 10.1. The molecule has 1 saturated carbocycles. The van der Waals surface area contributed by atoms with Crippen LogP contribution >= 0.6 is 0 Å². The van der Waals surface area contributed by atoms with Crippen molar-refractivity contribution in [3.63, 3.8) is 0 Å². The molecule has 3 N–H and O–H groups in total. The van der Waals surface area contributed by atoms with Crippen LogP contribution in [0.4, 0.5) is 0 Å². The average Bonchev–Trinajstić information content (AvgIpc) is 3.44. The van der Waals surface area contributed by atoms with E-state index in [0.29, 0.717) is 23.6 Å². The smallest absolute Gasteiger partial charge is 0.251 e. The summed E-state index contributed by atoms with van der Waals surface area (Å²) in [7, 11) is 0. The van der Waals surface area contributed by atoms with Gasteiger partial charge in [0.2, 0.25) is 0 Å². The molecule has 0 aromatic heterocycles. The standard InChI is InChI=1S/C20H22N2O3/c23-18(12-14-4-2-1-3-5-14)13-21-19(24)15-6-8-16(9-7-15)20(25)22-17-10-11-17/h1-9,17-18,23H,10-13H2,(H,21,24)(H,22,25). The van der Waals surface area contributed by atoms with Gasteiger partial charge in [-0.3, -0.25) is 9.59 Å². The fourth-order valence-electron chi connectivity index (χ4n) is 2.54. The van der Waals surface area contributed by atoms with Gasteiger partial charge in [0.15, 0.2) is 0 Å². The lowest BCUT2D eigenvalue weighted by molar-refractivity contribution is 0.0913. The third-order valence-corrected chi connectivity index (χ3v) is 4.13. The molecule has 0 heterocycles. The summed E-state index contributed by atoms with van der Waals surface area (Å²) in [4.78, 5) is 24.1. The molecule has 1 aliphatic carbocycles. The summed E-state index contributed by atoms with van der Waals surface area (Å²) >= 11 is 0. The number of aliphatic hydroxyl groups excluding tert-OH is 1. The van der Waals surface area contributed by atoms with Crippen molar-refractivity contribution in [2.24, 2.45) is 0 Å². The molecular weight excluding hydrogens is 316 g/mol. The highest BCUT2D eigenvalue weighted by molar-refractivity contribution is 5.98. The second kappa shape index (κ2) is 7.94. The summed E-state index contributed by atoms with van der Waals surface area (Å²) < 4.78 is 0. The first kappa shape index (κ1) is 17.2. The molecule has 25 heavy (non-hydrogen) atoms. The summed E-state index contributed by atoms with van der Waals surface area (Å²) in [6.07, 6.45) is 1.92. The van der Waals surface area contributed by atoms with E-state index in [4.69, 9.17) is 0 Å². The second-order valence-corrected chi connectivity index (χ2v) is 6.38. The van der Waals surface area contributed by atoms with Gasteiger partial charge in [0.1, 0.15) is 0 Å². The van der Waals surface area contributed by atoms with Crippen molar-refractivity contribution in [3.8, 4) is 0 Å². The minimum atomic E-state index is -0.644. The van der Waals surface area contributed by atoms with Crippen LogP contribution < -0.4 is 10.6 Å². The van der Waals surface area contributed by atoms with Gasteiger partial charge in [0.05, 0.1) is 6.10 Å². The van der Waals surface area contributed by atoms with E-state index in [2.05, 4.69) is 10.6 Å². The Hall–Kier alpha value is -2.66. The lowest BCUT2D eigenvalue weighted by Crippen LogP contribution is -2.33. The average molecular weight is 338 g/mol. The monoisotopic (exact) mass is 338 g/mol. The quantitative estimate of drug-likeness (QED) is 0.722. The van der Waals surface area contributed by atoms with E-state index in [9.17, 15) is 14.7 Å². The first-order valence-electron chi connectivity index (χ1n) is 8.53. The first-order valence-corrected chi connectivity index (χ1v) is 8.53. The molecule has 5 nitrogen and oxygen atoms in total. The van der Waals surface area contributed by atoms with E-state index in [0.717, 1.165) is 18.4 Å². The first-order chi connectivity index (χ1) is 12.1. The maximum Gasteiger partial charge on any atom is 0.251 e. The normalized spacial score (nSPS) is 14.6. The van der Waals surface area contributed by atoms with Crippen LogP contribution in [-0.4, -0.2) is 35.6 Å². The Morgan fingerprint density at radius 3 is 2.16 bits per heavy atom. The van der Waals surface area contributed by atoms with Crippen molar-refractivity contribution in [2.75, 3.05) is 6.54 Å². The van der Waals surface area contributed by atoms with Crippen LogP contribution in [0.1, 0.15) is 39.1 Å². The van der Waals surface area contributed by atoms with E-state index in [1.54, 1.807) is 24.3 Å². The summed E-state index contributed by atoms with van der Waals surface area (Å²) in [6.45, 7) is 0.178. The number of aliphatic hydroxyl groups is 1. The predicted octanol–water partition coefficient (Wildman–Crippen LogP) is 1.91. The third kappa shape index (κ3) is 5.16. The van der Waals surface area contributed by atoms with E-state index in [-0.39, 0.29) is 18.4 Å². The van der Waals surface area contributed by atoms with Crippen LogP contribution in [0.15, 0.2) is 54.6 Å². The Morgan fingerprint density at radius 2 is 1.56 bits per heavy atom. The van der Waals surface area contributed by atoms with Gasteiger partial charge in [0.25, 0.3) is 11.8 Å². The Morgan fingerprint density at radius 1 is 0.960 bits per heavy atom. The van der Waals surface area contributed by atoms with Gasteiger partial charge in [-0.15, -0.1) is 0 Å². The summed E-state index contributed by atoms with van der Waals surface area (Å²) in [5.41, 5.74) is 2.04. The second-order valence-electron chi connectivity index (χ2n) is 6.38. The van der Waals surface area contributed by atoms with Gasteiger partial charge in [0, 0.05) is 30.1 Å². The van der Waals surface area contributed by atoms with Gasteiger partial charge in [-0.05, 0) is 42.7 Å². The molecule has 0 radical (unpaired) electrons. The molecule has 3 rings (SSSR count). The number of benzene rings is 2. The molecule has 1 fully saturated rings. The Balaban J connectivity index is 1.48. The Bertz CT molecular complexity index is 724. The van der Waals surface area contributed by atoms with Gasteiger partial charge >= 0.3 is 0 Å². The number of carbonyl (C=O) groups excluding carboxylic acids is 2. The zero-order chi connectivity index (χ0) is 17.6. The van der Waals surface area contributed by atoms with Crippen LogP contribution in [0.2, 0.25) is 0 Å². The van der Waals surface area contributed by atoms with Crippen LogP contribution in [0.3, 0.4) is 0 Å². The molecule has 1 atom stereocenters. The minimum Gasteiger partial charge on any atom is -0.391 e. The number of hydrogen-bond acceptors (Lipinski definition) is 3. The maximum absolute atomic E-state index is 12.1. The maximum atomic E-state index is 12.1. The highest BCUT2D eigenvalue weighted by atomic mass is 16.3. The Labute approximate surface area is 147 Å². The highest BCUT2D eigenvalue weighted by Crippen LogP contribution is 2.19. The van der Waals surface area contributed by atoms with Crippen molar-refractivity contribution < 1.29 is 14.7 Å². The van der Waals surface area contributed by atoms with Crippen molar-refractivity contribution >= 4 is 11.8 Å². The molecule has 1 unspecified atom stereocenters. The molecular formula is C20H22N2O3. The zero-order valence-electron chi connectivity index (χ0n) is 13.9. The van der Waals surface area contributed by atoms with Crippen molar-refractivity contribution in [1.82, 2.24) is 10.6 Å². The molecule has 0 bridgehead atoms. The molecule has 0 spiro atoms. The van der Waals surface area contributed by atoms with Gasteiger partial charge in [-0.2, -0.15) is 0 Å². The predicted molar refractivity (Wildman–Crippen MR) is 95.4 cm³/mol. The van der Waals surface area contributed by atoms with Crippen molar-refractivity contribution in [2.45, 2.75) is 31.4 Å². The highest BCUT2D eigenvalue weighted by Gasteiger charge is 2.23. The fourth-order valence-corrected chi connectivity index (χ4v) is 2.54. The molecule has 0 aliphatic heterocycles. The molecule has 2 amide bonds. The van der Waals surface area contributed by atoms with Gasteiger partial charge in [-0.1, -0.05) is 30.3 Å². The topological polar surface area (TPSA) is 78.4 Å². The lowest BCUT2D eigenvalue weighted by Gasteiger charge is -2.12. The van der Waals surface area contributed by atoms with Crippen molar-refractivity contribution in [3.05, 3.63) is 71.3 Å². The SMILES string of the molecule is O=C(NCC(O)Cc1ccccc1)c1ccc(C(=O)NC2CC2)cc1. The van der Waals surface area contributed by atoms with E-state index in [1.807, 2.05) is 30.3 Å². The zero-order valence-corrected chi connectivity index (χ0v) is 13.9. The number of rotatable bonds is 7. The third-order valence-electron chi connectivity index (χ3n) is 4.13. The van der Waals surface area contributed by atoms with Crippen LogP contribution in [0, 0.1) is 0 Å². The largest absolute Gasteiger partial charge is 0.391 e. The molecule has 5 heteroatoms. The fraction of sp³-hybridized carbons (Fsp3) is 0.300. The van der Waals surface area contributed by atoms with E-state index in [1.165, 1.54) is 0 Å². The van der Waals surface area contributed by atoms with E-state index >= 15 is 0 Å². The number of hydrogen-bond donors (Lipinski definition) is 3. The minimum absolute atomic E-state index is 0.104. The van der Waals surface area contributed by atoms with E-state index < -0.39 is 6.10 Å². The Kier molecular flexibility index (Phi) is 5.46. The number of nitrogens with one attached hydrogen (secondary N) is 2. The molecule has 0 saturated heterocycles. The van der Waals surface area contributed by atoms with Gasteiger partial charge in [-0.25, -0.2) is 0 Å². The number of amides is 2. The molecule has 2 aromatic rings. The molecule has 1 aliphatic rings.